The van der Waals surface area contributed by atoms with Crippen LogP contribution in [0.3, 0.4) is 0 Å². The van der Waals surface area contributed by atoms with Gasteiger partial charge in [0.05, 0.1) is 26.9 Å². The molecule has 0 bridgehead atoms. The fraction of sp³-hybridized carbons (Fsp3) is 0.421. The molecule has 0 atom stereocenters. The highest BCUT2D eigenvalue weighted by Gasteiger charge is 2.31. The van der Waals surface area contributed by atoms with Crippen molar-refractivity contribution in [1.29, 1.82) is 0 Å². The third-order valence-corrected chi connectivity index (χ3v) is 7.12. The highest BCUT2D eigenvalue weighted by Crippen LogP contribution is 2.32. The maximum atomic E-state index is 13.0. The van der Waals surface area contributed by atoms with Gasteiger partial charge in [0.15, 0.2) is 5.82 Å². The molecule has 0 fully saturated rings. The van der Waals surface area contributed by atoms with E-state index in [1.807, 2.05) is 20.8 Å². The lowest BCUT2D eigenvalue weighted by Gasteiger charge is -2.11. The van der Waals surface area contributed by atoms with Gasteiger partial charge in [-0.3, -0.25) is 4.57 Å². The SMILES string of the molecule is CCCCn1c(-c2sc(C)nc2C)nnc1S(=O)(=O)Cc1ccc(C(F)(F)F)cc1. The summed E-state index contributed by atoms with van der Waals surface area (Å²) in [5, 5.41) is 8.72. The summed E-state index contributed by atoms with van der Waals surface area (Å²) in [4.78, 5) is 5.13. The average Bonchev–Trinajstić information content (AvgIpc) is 3.22. The molecule has 0 N–H and O–H groups in total. The molecular weight excluding hydrogens is 437 g/mol. The summed E-state index contributed by atoms with van der Waals surface area (Å²) >= 11 is 1.41. The monoisotopic (exact) mass is 458 g/mol. The largest absolute Gasteiger partial charge is 0.416 e. The predicted octanol–water partition coefficient (Wildman–Crippen LogP) is 4.81. The number of aryl methyl sites for hydroxylation is 2. The molecule has 3 aromatic rings. The molecule has 0 saturated heterocycles. The molecule has 2 aromatic heterocycles. The predicted molar refractivity (Wildman–Crippen MR) is 108 cm³/mol. The molecule has 0 radical (unpaired) electrons. The van der Waals surface area contributed by atoms with Crippen molar-refractivity contribution in [3.63, 3.8) is 0 Å². The third kappa shape index (κ3) is 4.72. The highest BCUT2D eigenvalue weighted by molar-refractivity contribution is 7.90. The Morgan fingerprint density at radius 1 is 1.10 bits per heavy atom. The van der Waals surface area contributed by atoms with Gasteiger partial charge < -0.3 is 0 Å². The molecular formula is C19H21F3N4O2S2. The summed E-state index contributed by atoms with van der Waals surface area (Å²) in [5.41, 5.74) is 0.168. The zero-order valence-corrected chi connectivity index (χ0v) is 18.3. The Kier molecular flexibility index (Phi) is 6.32. The molecule has 0 amide bonds. The van der Waals surface area contributed by atoms with Crippen molar-refractivity contribution in [2.75, 3.05) is 0 Å². The number of thiazole rings is 1. The van der Waals surface area contributed by atoms with Crippen molar-refractivity contribution >= 4 is 21.2 Å². The summed E-state index contributed by atoms with van der Waals surface area (Å²) < 4.78 is 65.9. The zero-order chi connectivity index (χ0) is 22.1. The second-order valence-corrected chi connectivity index (χ2v) is 10.00. The van der Waals surface area contributed by atoms with E-state index in [9.17, 15) is 21.6 Å². The van der Waals surface area contributed by atoms with Gasteiger partial charge in [-0.05, 0) is 38.0 Å². The van der Waals surface area contributed by atoms with Gasteiger partial charge in [-0.2, -0.15) is 13.2 Å². The molecule has 3 rings (SSSR count). The van der Waals surface area contributed by atoms with Crippen molar-refractivity contribution in [2.24, 2.45) is 0 Å². The van der Waals surface area contributed by atoms with E-state index >= 15 is 0 Å². The lowest BCUT2D eigenvalue weighted by Crippen LogP contribution is -2.14. The fourth-order valence-corrected chi connectivity index (χ4v) is 5.37. The Balaban J connectivity index is 1.98. The molecule has 6 nitrogen and oxygen atoms in total. The minimum atomic E-state index is -4.47. The van der Waals surface area contributed by atoms with Gasteiger partial charge in [0.1, 0.15) is 0 Å². The Hall–Kier alpha value is -2.27. The molecule has 0 aliphatic rings. The second-order valence-electron chi connectivity index (χ2n) is 6.91. The van der Waals surface area contributed by atoms with E-state index in [1.165, 1.54) is 23.5 Å². The number of benzene rings is 1. The lowest BCUT2D eigenvalue weighted by molar-refractivity contribution is -0.137. The minimum Gasteiger partial charge on any atom is -0.297 e. The number of sulfone groups is 1. The molecule has 0 saturated carbocycles. The second kappa shape index (κ2) is 8.46. The lowest BCUT2D eigenvalue weighted by atomic mass is 10.1. The van der Waals surface area contributed by atoms with E-state index in [2.05, 4.69) is 15.2 Å². The number of unbranched alkanes of at least 4 members (excludes halogenated alkanes) is 1. The number of aromatic nitrogens is 4. The van der Waals surface area contributed by atoms with Crippen LogP contribution in [0.1, 0.15) is 41.6 Å². The molecule has 0 spiro atoms. The molecule has 0 aliphatic heterocycles. The summed E-state index contributed by atoms with van der Waals surface area (Å²) in [7, 11) is -3.92. The number of hydrogen-bond donors (Lipinski definition) is 0. The van der Waals surface area contributed by atoms with Crippen molar-refractivity contribution in [1.82, 2.24) is 19.7 Å². The standard InChI is InChI=1S/C19H21F3N4O2S2/c1-4-5-10-26-17(16-12(2)23-13(3)29-16)24-25-18(26)30(27,28)11-14-6-8-15(9-7-14)19(20,21)22/h6-9H,4-5,10-11H2,1-3H3. The topological polar surface area (TPSA) is 77.7 Å². The van der Waals surface area contributed by atoms with Crippen LogP contribution in [0.25, 0.3) is 10.7 Å². The zero-order valence-electron chi connectivity index (χ0n) is 16.7. The quantitative estimate of drug-likeness (QED) is 0.508. The van der Waals surface area contributed by atoms with Gasteiger partial charge in [-0.15, -0.1) is 21.5 Å². The molecule has 162 valence electrons. The Morgan fingerprint density at radius 3 is 2.30 bits per heavy atom. The van der Waals surface area contributed by atoms with Crippen LogP contribution in [0.5, 0.6) is 0 Å². The molecule has 30 heavy (non-hydrogen) atoms. The Labute approximate surface area is 176 Å². The van der Waals surface area contributed by atoms with E-state index < -0.39 is 27.3 Å². The van der Waals surface area contributed by atoms with Gasteiger partial charge in [-0.25, -0.2) is 13.4 Å². The van der Waals surface area contributed by atoms with E-state index in [-0.39, 0.29) is 10.7 Å². The molecule has 0 unspecified atom stereocenters. The summed E-state index contributed by atoms with van der Waals surface area (Å²) in [6, 6.07) is 4.10. The van der Waals surface area contributed by atoms with Gasteiger partial charge >= 0.3 is 6.18 Å². The normalized spacial score (nSPS) is 12.5. The maximum absolute atomic E-state index is 13.0. The van der Waals surface area contributed by atoms with Crippen LogP contribution in [0, 0.1) is 13.8 Å². The van der Waals surface area contributed by atoms with Crippen molar-refractivity contribution in [3.05, 3.63) is 46.1 Å². The van der Waals surface area contributed by atoms with E-state index in [1.54, 1.807) is 4.57 Å². The van der Waals surface area contributed by atoms with Crippen LogP contribution in [0.2, 0.25) is 0 Å². The fourth-order valence-electron chi connectivity index (χ4n) is 3.02. The summed E-state index contributed by atoms with van der Waals surface area (Å²) in [6.07, 6.45) is -2.90. The van der Waals surface area contributed by atoms with E-state index in [0.717, 1.165) is 40.6 Å². The van der Waals surface area contributed by atoms with Gasteiger partial charge in [0, 0.05) is 6.54 Å². The highest BCUT2D eigenvalue weighted by atomic mass is 32.2. The average molecular weight is 459 g/mol. The van der Waals surface area contributed by atoms with Crippen LogP contribution in [0.4, 0.5) is 13.2 Å². The maximum Gasteiger partial charge on any atom is 0.416 e. The number of alkyl halides is 3. The third-order valence-electron chi connectivity index (χ3n) is 4.47. The summed E-state index contributed by atoms with van der Waals surface area (Å²) in [5.74, 6) is -0.0200. The van der Waals surface area contributed by atoms with Crippen molar-refractivity contribution in [2.45, 2.75) is 57.2 Å². The number of hydrogen-bond acceptors (Lipinski definition) is 6. The van der Waals surface area contributed by atoms with E-state index in [4.69, 9.17) is 0 Å². The Morgan fingerprint density at radius 2 is 1.77 bits per heavy atom. The first-order valence-electron chi connectivity index (χ1n) is 9.29. The van der Waals surface area contributed by atoms with Crippen LogP contribution < -0.4 is 0 Å². The van der Waals surface area contributed by atoms with Crippen molar-refractivity contribution in [3.8, 4) is 10.7 Å². The first kappa shape index (κ1) is 22.4. The van der Waals surface area contributed by atoms with Crippen LogP contribution >= 0.6 is 11.3 Å². The number of nitrogens with zero attached hydrogens (tertiary/aromatic N) is 4. The van der Waals surface area contributed by atoms with Gasteiger partial charge in [-0.1, -0.05) is 25.5 Å². The molecule has 1 aromatic carbocycles. The van der Waals surface area contributed by atoms with Crippen LogP contribution in [0.15, 0.2) is 29.4 Å². The molecule has 0 aliphatic carbocycles. The smallest absolute Gasteiger partial charge is 0.297 e. The van der Waals surface area contributed by atoms with Gasteiger partial charge in [0.2, 0.25) is 15.0 Å². The Bertz CT molecular complexity index is 1130. The van der Waals surface area contributed by atoms with Gasteiger partial charge in [0.25, 0.3) is 0 Å². The van der Waals surface area contributed by atoms with Crippen molar-refractivity contribution < 1.29 is 21.6 Å². The first-order valence-corrected chi connectivity index (χ1v) is 11.8. The molecule has 11 heteroatoms. The molecule has 2 heterocycles. The van der Waals surface area contributed by atoms with Crippen LogP contribution in [-0.2, 0) is 28.3 Å². The van der Waals surface area contributed by atoms with Crippen LogP contribution in [-0.4, -0.2) is 28.2 Å². The number of halogens is 3. The summed E-state index contributed by atoms with van der Waals surface area (Å²) in [6.45, 7) is 6.09. The first-order chi connectivity index (χ1) is 14.0. The number of rotatable bonds is 7. The minimum absolute atomic E-state index is 0.184. The van der Waals surface area contributed by atoms with E-state index in [0.29, 0.717) is 12.4 Å².